The van der Waals surface area contributed by atoms with Crippen LogP contribution in [-0.2, 0) is 4.74 Å². The van der Waals surface area contributed by atoms with Gasteiger partial charge in [0.2, 0.25) is 0 Å². The highest BCUT2D eigenvalue weighted by molar-refractivity contribution is 9.10. The zero-order chi connectivity index (χ0) is 14.7. The zero-order valence-corrected chi connectivity index (χ0v) is 12.7. The highest BCUT2D eigenvalue weighted by atomic mass is 79.9. The van der Waals surface area contributed by atoms with E-state index in [1.807, 2.05) is 0 Å². The van der Waals surface area contributed by atoms with E-state index in [2.05, 4.69) is 20.7 Å². The molecule has 2 amide bonds. The molecule has 1 saturated heterocycles. The smallest absolute Gasteiger partial charge is 0.409 e. The number of amides is 2. The van der Waals surface area contributed by atoms with Crippen molar-refractivity contribution in [3.05, 3.63) is 28.2 Å². The molecule has 7 heteroatoms. The maximum Gasteiger partial charge on any atom is 0.409 e. The number of anilines is 1. The minimum absolute atomic E-state index is 0.112. The molecule has 1 aromatic carbocycles. The summed E-state index contributed by atoms with van der Waals surface area (Å²) in [7, 11) is 1.35. The van der Waals surface area contributed by atoms with Gasteiger partial charge in [-0.2, -0.15) is 0 Å². The van der Waals surface area contributed by atoms with Gasteiger partial charge in [-0.25, -0.2) is 4.79 Å². The first-order chi connectivity index (χ1) is 9.52. The summed E-state index contributed by atoms with van der Waals surface area (Å²) in [5.74, 6) is -0.112. The van der Waals surface area contributed by atoms with Gasteiger partial charge in [0.25, 0.3) is 5.91 Å². The molecule has 0 bridgehead atoms. The van der Waals surface area contributed by atoms with E-state index in [-0.39, 0.29) is 12.0 Å². The molecular weight excluding hydrogens is 326 g/mol. The van der Waals surface area contributed by atoms with Gasteiger partial charge in [0.1, 0.15) is 0 Å². The number of halogens is 1. The van der Waals surface area contributed by atoms with Gasteiger partial charge >= 0.3 is 6.09 Å². The second-order valence-electron chi connectivity index (χ2n) is 4.48. The van der Waals surface area contributed by atoms with E-state index in [9.17, 15) is 9.59 Å². The van der Waals surface area contributed by atoms with Crippen molar-refractivity contribution in [2.75, 3.05) is 39.0 Å². The Morgan fingerprint density at radius 1 is 1.20 bits per heavy atom. The summed E-state index contributed by atoms with van der Waals surface area (Å²) in [6.45, 7) is 1.89. The molecular formula is C13H16BrN3O3. The summed E-state index contributed by atoms with van der Waals surface area (Å²) in [4.78, 5) is 27.0. The molecule has 1 aromatic rings. The largest absolute Gasteiger partial charge is 0.453 e. The van der Waals surface area contributed by atoms with Crippen LogP contribution in [0.3, 0.4) is 0 Å². The Morgan fingerprint density at radius 2 is 1.80 bits per heavy atom. The molecule has 1 heterocycles. The summed E-state index contributed by atoms with van der Waals surface area (Å²) in [5.41, 5.74) is 6.79. The Bertz CT molecular complexity index is 528. The second-order valence-corrected chi connectivity index (χ2v) is 5.40. The number of rotatable bonds is 1. The molecule has 20 heavy (non-hydrogen) atoms. The lowest BCUT2D eigenvalue weighted by atomic mass is 10.1. The number of piperazine rings is 1. The average Bonchev–Trinajstić information content (AvgIpc) is 2.46. The number of hydrogen-bond donors (Lipinski definition) is 1. The van der Waals surface area contributed by atoms with Crippen LogP contribution in [0.4, 0.5) is 10.5 Å². The molecule has 0 aliphatic carbocycles. The first kappa shape index (κ1) is 14.6. The van der Waals surface area contributed by atoms with Crippen LogP contribution in [0.15, 0.2) is 22.7 Å². The third kappa shape index (κ3) is 3.04. The van der Waals surface area contributed by atoms with Gasteiger partial charge in [-0.1, -0.05) is 15.9 Å². The number of benzene rings is 1. The molecule has 108 valence electrons. The summed E-state index contributed by atoms with van der Waals surface area (Å²) in [6.07, 6.45) is -0.361. The van der Waals surface area contributed by atoms with Gasteiger partial charge in [0.15, 0.2) is 0 Å². The lowest BCUT2D eigenvalue weighted by molar-refractivity contribution is 0.0600. The summed E-state index contributed by atoms with van der Waals surface area (Å²) in [6, 6.07) is 5.20. The highest BCUT2D eigenvalue weighted by Crippen LogP contribution is 2.20. The normalized spacial score (nSPS) is 15.1. The maximum absolute atomic E-state index is 12.4. The van der Waals surface area contributed by atoms with Gasteiger partial charge in [0.05, 0.1) is 12.7 Å². The number of carbonyl (C=O) groups is 2. The van der Waals surface area contributed by atoms with Crippen molar-refractivity contribution >= 4 is 33.6 Å². The van der Waals surface area contributed by atoms with Crippen molar-refractivity contribution in [2.45, 2.75) is 0 Å². The molecule has 0 saturated carbocycles. The van der Waals surface area contributed by atoms with E-state index in [1.54, 1.807) is 28.0 Å². The predicted octanol–water partition coefficient (Wildman–Crippen LogP) is 1.56. The average molecular weight is 342 g/mol. The van der Waals surface area contributed by atoms with E-state index in [4.69, 9.17) is 5.73 Å². The minimum Gasteiger partial charge on any atom is -0.453 e. The number of nitrogens with zero attached hydrogens (tertiary/aromatic N) is 2. The van der Waals surface area contributed by atoms with Crippen LogP contribution in [-0.4, -0.2) is 55.1 Å². The van der Waals surface area contributed by atoms with E-state index >= 15 is 0 Å². The third-order valence-corrected chi connectivity index (χ3v) is 3.74. The van der Waals surface area contributed by atoms with Crippen LogP contribution in [0.2, 0.25) is 0 Å². The number of ether oxygens (including phenoxy) is 1. The number of carbonyl (C=O) groups excluding carboxylic acids is 2. The van der Waals surface area contributed by atoms with Gasteiger partial charge in [-0.15, -0.1) is 0 Å². The van der Waals surface area contributed by atoms with Crippen LogP contribution in [0.5, 0.6) is 0 Å². The van der Waals surface area contributed by atoms with Crippen LogP contribution < -0.4 is 5.73 Å². The van der Waals surface area contributed by atoms with E-state index < -0.39 is 0 Å². The van der Waals surface area contributed by atoms with Crippen molar-refractivity contribution in [3.63, 3.8) is 0 Å². The fourth-order valence-corrected chi connectivity index (χ4v) is 2.50. The number of hydrogen-bond acceptors (Lipinski definition) is 4. The van der Waals surface area contributed by atoms with E-state index in [0.29, 0.717) is 37.4 Å². The molecule has 0 radical (unpaired) electrons. The molecule has 0 spiro atoms. The molecule has 1 aliphatic rings. The zero-order valence-electron chi connectivity index (χ0n) is 11.1. The Hall–Kier alpha value is -1.76. The molecule has 0 unspecified atom stereocenters. The molecule has 6 nitrogen and oxygen atoms in total. The quantitative estimate of drug-likeness (QED) is 0.786. The van der Waals surface area contributed by atoms with Gasteiger partial charge < -0.3 is 20.3 Å². The minimum atomic E-state index is -0.361. The predicted molar refractivity (Wildman–Crippen MR) is 78.4 cm³/mol. The van der Waals surface area contributed by atoms with E-state index in [0.717, 1.165) is 4.47 Å². The number of methoxy groups -OCH3 is 1. The van der Waals surface area contributed by atoms with Crippen molar-refractivity contribution in [1.29, 1.82) is 0 Å². The second kappa shape index (κ2) is 6.13. The van der Waals surface area contributed by atoms with E-state index in [1.165, 1.54) is 7.11 Å². The van der Waals surface area contributed by atoms with Crippen LogP contribution in [0.25, 0.3) is 0 Å². The Kier molecular flexibility index (Phi) is 4.49. The fraction of sp³-hybridized carbons (Fsp3) is 0.385. The fourth-order valence-electron chi connectivity index (χ4n) is 2.12. The Labute approximate surface area is 125 Å². The lowest BCUT2D eigenvalue weighted by Crippen LogP contribution is -2.50. The first-order valence-corrected chi connectivity index (χ1v) is 6.99. The Morgan fingerprint density at radius 3 is 2.35 bits per heavy atom. The van der Waals surface area contributed by atoms with Crippen LogP contribution >= 0.6 is 15.9 Å². The third-order valence-electron chi connectivity index (χ3n) is 3.24. The van der Waals surface area contributed by atoms with Gasteiger partial charge in [-0.05, 0) is 18.2 Å². The van der Waals surface area contributed by atoms with Crippen molar-refractivity contribution in [3.8, 4) is 0 Å². The number of nitrogens with two attached hydrogens (primary N) is 1. The van der Waals surface area contributed by atoms with Crippen molar-refractivity contribution in [2.24, 2.45) is 0 Å². The van der Waals surface area contributed by atoms with Crippen LogP contribution in [0, 0.1) is 0 Å². The molecule has 2 rings (SSSR count). The SMILES string of the molecule is COC(=O)N1CCN(C(=O)c2ccc(Br)cc2N)CC1. The maximum atomic E-state index is 12.4. The summed E-state index contributed by atoms with van der Waals surface area (Å²) in [5, 5.41) is 0. The molecule has 2 N–H and O–H groups in total. The van der Waals surface area contributed by atoms with Crippen molar-refractivity contribution < 1.29 is 14.3 Å². The van der Waals surface area contributed by atoms with Crippen molar-refractivity contribution in [1.82, 2.24) is 9.80 Å². The summed E-state index contributed by atoms with van der Waals surface area (Å²) >= 11 is 3.31. The molecule has 1 aliphatic heterocycles. The monoisotopic (exact) mass is 341 g/mol. The van der Waals surface area contributed by atoms with Gasteiger partial charge in [0, 0.05) is 36.3 Å². The standard InChI is InChI=1S/C13H16BrN3O3/c1-20-13(19)17-6-4-16(5-7-17)12(18)10-3-2-9(14)8-11(10)15/h2-3,8H,4-7,15H2,1H3. The molecule has 0 atom stereocenters. The molecule has 0 aromatic heterocycles. The Balaban J connectivity index is 2.03. The van der Waals surface area contributed by atoms with Gasteiger partial charge in [-0.3, -0.25) is 4.79 Å². The molecule has 1 fully saturated rings. The summed E-state index contributed by atoms with van der Waals surface area (Å²) < 4.78 is 5.50. The highest BCUT2D eigenvalue weighted by Gasteiger charge is 2.26. The first-order valence-electron chi connectivity index (χ1n) is 6.20. The van der Waals surface area contributed by atoms with Crippen LogP contribution in [0.1, 0.15) is 10.4 Å². The number of nitrogen functional groups attached to an aromatic ring is 1. The topological polar surface area (TPSA) is 75.9 Å². The lowest BCUT2D eigenvalue weighted by Gasteiger charge is -2.34.